The van der Waals surface area contributed by atoms with Crippen molar-refractivity contribution in [3.8, 4) is 5.75 Å². The summed E-state index contributed by atoms with van der Waals surface area (Å²) >= 11 is 5.97. The summed E-state index contributed by atoms with van der Waals surface area (Å²) in [5.74, 6) is 0.252. The lowest BCUT2D eigenvalue weighted by Crippen LogP contribution is -2.33. The Labute approximate surface area is 148 Å². The van der Waals surface area contributed by atoms with Crippen LogP contribution in [0.25, 0.3) is 0 Å². The van der Waals surface area contributed by atoms with E-state index in [9.17, 15) is 19.7 Å². The van der Waals surface area contributed by atoms with Gasteiger partial charge >= 0.3 is 5.69 Å². The first-order valence-electron chi connectivity index (χ1n) is 7.34. The van der Waals surface area contributed by atoms with Crippen molar-refractivity contribution < 1.29 is 14.5 Å². The smallest absolute Gasteiger partial charge is 0.332 e. The Balaban J connectivity index is 1.90. The van der Waals surface area contributed by atoms with Gasteiger partial charge in [-0.15, -0.1) is 0 Å². The number of amides is 1. The fourth-order valence-corrected chi connectivity index (χ4v) is 2.19. The normalized spacial score (nSPS) is 10.3. The highest BCUT2D eigenvalue weighted by Gasteiger charge is 2.14. The largest absolute Gasteiger partial charge is 0.490 e. The molecule has 0 aliphatic carbocycles. The van der Waals surface area contributed by atoms with Crippen molar-refractivity contribution in [3.05, 3.63) is 68.1 Å². The number of para-hydroxylation sites is 1. The summed E-state index contributed by atoms with van der Waals surface area (Å²) in [7, 11) is 1.59. The van der Waals surface area contributed by atoms with E-state index in [0.717, 1.165) is 12.3 Å². The van der Waals surface area contributed by atoms with Gasteiger partial charge in [0.05, 0.1) is 22.7 Å². The lowest BCUT2D eigenvalue weighted by Gasteiger charge is -2.18. The van der Waals surface area contributed by atoms with Crippen molar-refractivity contribution in [1.29, 1.82) is 0 Å². The number of hydrogen-bond donors (Lipinski definition) is 0. The standard InChI is InChI=1S/C16H16ClN3O5/c1-18(8-9-25-15-5-3-2-4-12(15)17)16(22)11-19-7-6-14(21)13(10-19)20(23)24/h2-7,10H,8-9,11H2,1H3. The third kappa shape index (κ3) is 5.05. The number of halogens is 1. The second kappa shape index (κ2) is 8.29. The Morgan fingerprint density at radius 1 is 1.36 bits per heavy atom. The number of pyridine rings is 1. The minimum atomic E-state index is -0.773. The SMILES string of the molecule is CN(CCOc1ccccc1Cl)C(=O)Cn1ccc(=O)c([N+](=O)[O-])c1. The zero-order chi connectivity index (χ0) is 18.4. The molecule has 0 saturated heterocycles. The number of carbonyl (C=O) groups excluding carboxylic acids is 1. The van der Waals surface area contributed by atoms with Crippen LogP contribution in [0.15, 0.2) is 47.5 Å². The number of nitro groups is 1. The van der Waals surface area contributed by atoms with Crippen LogP contribution >= 0.6 is 11.6 Å². The van der Waals surface area contributed by atoms with E-state index in [0.29, 0.717) is 17.3 Å². The van der Waals surface area contributed by atoms with E-state index in [1.165, 1.54) is 15.7 Å². The molecule has 0 radical (unpaired) electrons. The van der Waals surface area contributed by atoms with Crippen molar-refractivity contribution in [3.63, 3.8) is 0 Å². The van der Waals surface area contributed by atoms with Gasteiger partial charge in [-0.25, -0.2) is 0 Å². The van der Waals surface area contributed by atoms with Crippen LogP contribution in [0.1, 0.15) is 0 Å². The van der Waals surface area contributed by atoms with Crippen LogP contribution in [0.2, 0.25) is 5.02 Å². The molecule has 0 bridgehead atoms. The van der Waals surface area contributed by atoms with Gasteiger partial charge in [-0.1, -0.05) is 23.7 Å². The van der Waals surface area contributed by atoms with E-state index in [1.807, 2.05) is 0 Å². The third-order valence-electron chi connectivity index (χ3n) is 3.42. The van der Waals surface area contributed by atoms with Crippen LogP contribution in [0, 0.1) is 10.1 Å². The summed E-state index contributed by atoms with van der Waals surface area (Å²) in [6.45, 7) is 0.437. The molecule has 132 valence electrons. The van der Waals surface area contributed by atoms with Gasteiger partial charge in [-0.2, -0.15) is 0 Å². The topological polar surface area (TPSA) is 94.7 Å². The highest BCUT2D eigenvalue weighted by molar-refractivity contribution is 6.32. The van der Waals surface area contributed by atoms with Crippen molar-refractivity contribution in [2.45, 2.75) is 6.54 Å². The molecular weight excluding hydrogens is 350 g/mol. The summed E-state index contributed by atoms with van der Waals surface area (Å²) in [5.41, 5.74) is -1.27. The molecular formula is C16H16ClN3O5. The number of benzene rings is 1. The summed E-state index contributed by atoms with van der Waals surface area (Å²) in [6, 6.07) is 8.07. The number of hydrogen-bond acceptors (Lipinski definition) is 5. The van der Waals surface area contributed by atoms with E-state index >= 15 is 0 Å². The molecule has 0 unspecified atom stereocenters. The number of nitrogens with zero attached hydrogens (tertiary/aromatic N) is 3. The Morgan fingerprint density at radius 3 is 2.76 bits per heavy atom. The van der Waals surface area contributed by atoms with Gasteiger partial charge in [0, 0.05) is 19.3 Å². The van der Waals surface area contributed by atoms with E-state index in [2.05, 4.69) is 0 Å². The van der Waals surface area contributed by atoms with Gasteiger partial charge < -0.3 is 14.2 Å². The van der Waals surface area contributed by atoms with Crippen LogP contribution in [0.5, 0.6) is 5.75 Å². The molecule has 0 spiro atoms. The van der Waals surface area contributed by atoms with Crippen molar-refractivity contribution in [2.24, 2.45) is 0 Å². The average molecular weight is 366 g/mol. The molecule has 0 N–H and O–H groups in total. The van der Waals surface area contributed by atoms with Crippen LogP contribution in [-0.2, 0) is 11.3 Å². The summed E-state index contributed by atoms with van der Waals surface area (Å²) in [5, 5.41) is 11.3. The summed E-state index contributed by atoms with van der Waals surface area (Å²) in [6.07, 6.45) is 2.38. The highest BCUT2D eigenvalue weighted by atomic mass is 35.5. The van der Waals surface area contributed by atoms with E-state index in [4.69, 9.17) is 16.3 Å². The number of aromatic nitrogens is 1. The zero-order valence-corrected chi connectivity index (χ0v) is 14.2. The van der Waals surface area contributed by atoms with Crippen LogP contribution in [0.4, 0.5) is 5.69 Å². The maximum absolute atomic E-state index is 12.2. The van der Waals surface area contributed by atoms with E-state index < -0.39 is 16.0 Å². The quantitative estimate of drug-likeness (QED) is 0.552. The molecule has 1 aromatic heterocycles. The molecule has 0 saturated carbocycles. The van der Waals surface area contributed by atoms with Gasteiger partial charge in [-0.05, 0) is 12.1 Å². The molecule has 0 atom stereocenters. The minimum absolute atomic E-state index is 0.121. The lowest BCUT2D eigenvalue weighted by atomic mass is 10.3. The third-order valence-corrected chi connectivity index (χ3v) is 3.73. The second-order valence-corrected chi connectivity index (χ2v) is 5.63. The highest BCUT2D eigenvalue weighted by Crippen LogP contribution is 2.22. The van der Waals surface area contributed by atoms with Crippen LogP contribution < -0.4 is 10.2 Å². The molecule has 9 heteroatoms. The van der Waals surface area contributed by atoms with Crippen LogP contribution in [-0.4, -0.2) is 40.5 Å². The fourth-order valence-electron chi connectivity index (χ4n) is 2.00. The van der Waals surface area contributed by atoms with Gasteiger partial charge in [0.1, 0.15) is 18.9 Å². The number of ether oxygens (including phenoxy) is 1. The first kappa shape index (κ1) is 18.5. The zero-order valence-electron chi connectivity index (χ0n) is 13.4. The molecule has 2 aromatic rings. The molecule has 0 fully saturated rings. The maximum Gasteiger partial charge on any atom is 0.332 e. The van der Waals surface area contributed by atoms with Gasteiger partial charge in [0.25, 0.3) is 5.43 Å². The van der Waals surface area contributed by atoms with Crippen LogP contribution in [0.3, 0.4) is 0 Å². The van der Waals surface area contributed by atoms with E-state index in [1.54, 1.807) is 31.3 Å². The van der Waals surface area contributed by atoms with Crippen molar-refractivity contribution >= 4 is 23.2 Å². The second-order valence-electron chi connectivity index (χ2n) is 5.22. The number of likely N-dealkylation sites (N-methyl/N-ethyl adjacent to an activating group) is 1. The van der Waals surface area contributed by atoms with E-state index in [-0.39, 0.29) is 19.1 Å². The fraction of sp³-hybridized carbons (Fsp3) is 0.250. The lowest BCUT2D eigenvalue weighted by molar-refractivity contribution is -0.386. The maximum atomic E-state index is 12.2. The molecule has 25 heavy (non-hydrogen) atoms. The first-order chi connectivity index (χ1) is 11.9. The van der Waals surface area contributed by atoms with Gasteiger partial charge in [0.2, 0.25) is 5.91 Å². The molecule has 0 aliphatic heterocycles. The Kier molecular flexibility index (Phi) is 6.13. The Bertz CT molecular complexity index is 837. The molecule has 0 aliphatic rings. The molecule has 8 nitrogen and oxygen atoms in total. The molecule has 1 heterocycles. The minimum Gasteiger partial charge on any atom is -0.490 e. The average Bonchev–Trinajstić information content (AvgIpc) is 2.57. The summed E-state index contributed by atoms with van der Waals surface area (Å²) in [4.78, 5) is 34.9. The molecule has 2 rings (SSSR count). The monoisotopic (exact) mass is 365 g/mol. The van der Waals surface area contributed by atoms with Gasteiger partial charge in [-0.3, -0.25) is 19.7 Å². The Morgan fingerprint density at radius 2 is 2.08 bits per heavy atom. The first-order valence-corrected chi connectivity index (χ1v) is 7.72. The predicted molar refractivity (Wildman–Crippen MR) is 91.9 cm³/mol. The number of carbonyl (C=O) groups is 1. The molecule has 1 aromatic carbocycles. The Hall–Kier alpha value is -2.87. The summed E-state index contributed by atoms with van der Waals surface area (Å²) < 4.78 is 6.81. The van der Waals surface area contributed by atoms with Gasteiger partial charge in [0.15, 0.2) is 0 Å². The predicted octanol–water partition coefficient (Wildman–Crippen LogP) is 1.95. The van der Waals surface area contributed by atoms with Crippen molar-refractivity contribution in [2.75, 3.05) is 20.2 Å². The molecule has 1 amide bonds. The van der Waals surface area contributed by atoms with Crippen molar-refractivity contribution in [1.82, 2.24) is 9.47 Å². The number of rotatable bonds is 7.